The molecule has 1 fully saturated rings. The molecule has 0 aliphatic carbocycles. The zero-order chi connectivity index (χ0) is 32.4. The maximum Gasteiger partial charge on any atom is 0.253 e. The minimum Gasteiger partial charge on any atom is -0.459 e. The van der Waals surface area contributed by atoms with Crippen LogP contribution in [0.5, 0.6) is 0 Å². The zero-order valence-electron chi connectivity index (χ0n) is 27.6. The summed E-state index contributed by atoms with van der Waals surface area (Å²) in [6.45, 7) is 7.63. The van der Waals surface area contributed by atoms with Crippen molar-refractivity contribution in [2.24, 2.45) is 5.92 Å². The normalized spacial score (nSPS) is 17.6. The third kappa shape index (κ3) is 8.53. The number of anilines is 1. The molecule has 2 aliphatic heterocycles. The van der Waals surface area contributed by atoms with Crippen LogP contribution < -0.4 is 5.32 Å². The van der Waals surface area contributed by atoms with E-state index in [1.165, 1.54) is 5.56 Å². The Hall–Kier alpha value is -4.34. The highest BCUT2D eigenvalue weighted by Crippen LogP contribution is 2.29. The Bertz CT molecular complexity index is 1600. The SMILES string of the molecule is CCOCCn1c(NC2CCN(CCC(CN(C)C(=O)c3ccccc3)C3=COC(Cc4ccccc4)O3)CC2)nc2ccccc21. The van der Waals surface area contributed by atoms with Gasteiger partial charge in [0.05, 0.1) is 17.6 Å². The number of nitrogens with zero attached hydrogens (tertiary/aromatic N) is 4. The van der Waals surface area contributed by atoms with Crippen molar-refractivity contribution in [1.82, 2.24) is 19.4 Å². The number of likely N-dealkylation sites (tertiary alicyclic amines) is 1. The van der Waals surface area contributed by atoms with Gasteiger partial charge >= 0.3 is 0 Å². The second-order valence-corrected chi connectivity index (χ2v) is 12.5. The van der Waals surface area contributed by atoms with Gasteiger partial charge in [-0.2, -0.15) is 0 Å². The number of hydrogen-bond acceptors (Lipinski definition) is 7. The van der Waals surface area contributed by atoms with Crippen LogP contribution in [0, 0.1) is 5.92 Å². The van der Waals surface area contributed by atoms with E-state index in [1.54, 1.807) is 6.26 Å². The number of piperidine rings is 1. The number of carbonyl (C=O) groups excluding carboxylic acids is 1. The second-order valence-electron chi connectivity index (χ2n) is 12.5. The predicted octanol–water partition coefficient (Wildman–Crippen LogP) is 6.18. The van der Waals surface area contributed by atoms with Crippen LogP contribution >= 0.6 is 0 Å². The maximum absolute atomic E-state index is 13.3. The Labute approximate surface area is 278 Å². The molecule has 0 saturated carbocycles. The largest absolute Gasteiger partial charge is 0.459 e. The van der Waals surface area contributed by atoms with Gasteiger partial charge in [-0.1, -0.05) is 60.7 Å². The van der Waals surface area contributed by atoms with Crippen molar-refractivity contribution < 1.29 is 19.0 Å². The highest BCUT2D eigenvalue weighted by Gasteiger charge is 2.30. The highest BCUT2D eigenvalue weighted by atomic mass is 16.7. The van der Waals surface area contributed by atoms with Crippen LogP contribution in [0.25, 0.3) is 11.0 Å². The number of imidazole rings is 1. The first-order valence-corrected chi connectivity index (χ1v) is 17.0. The highest BCUT2D eigenvalue weighted by molar-refractivity contribution is 5.94. The lowest BCUT2D eigenvalue weighted by atomic mass is 10.00. The third-order valence-corrected chi connectivity index (χ3v) is 9.15. The maximum atomic E-state index is 13.3. The Kier molecular flexibility index (Phi) is 11.1. The summed E-state index contributed by atoms with van der Waals surface area (Å²) in [4.78, 5) is 22.5. The van der Waals surface area contributed by atoms with Gasteiger partial charge < -0.3 is 33.9 Å². The lowest BCUT2D eigenvalue weighted by Gasteiger charge is -2.34. The minimum absolute atomic E-state index is 0.00937. The molecule has 1 aromatic heterocycles. The molecule has 1 N–H and O–H groups in total. The van der Waals surface area contributed by atoms with Gasteiger partial charge in [-0.3, -0.25) is 4.79 Å². The average molecular weight is 638 g/mol. The van der Waals surface area contributed by atoms with E-state index in [4.69, 9.17) is 19.2 Å². The Morgan fingerprint density at radius 1 is 1.00 bits per heavy atom. The van der Waals surface area contributed by atoms with Crippen molar-refractivity contribution in [3.63, 3.8) is 0 Å². The number of para-hydroxylation sites is 2. The number of rotatable bonds is 15. The van der Waals surface area contributed by atoms with Gasteiger partial charge in [0, 0.05) is 63.8 Å². The van der Waals surface area contributed by atoms with Gasteiger partial charge in [0.2, 0.25) is 12.2 Å². The quantitative estimate of drug-likeness (QED) is 0.156. The van der Waals surface area contributed by atoms with Gasteiger partial charge in [0.15, 0.2) is 0 Å². The fourth-order valence-electron chi connectivity index (χ4n) is 6.51. The number of hydrogen-bond donors (Lipinski definition) is 1. The van der Waals surface area contributed by atoms with E-state index in [2.05, 4.69) is 45.1 Å². The Morgan fingerprint density at radius 3 is 2.49 bits per heavy atom. The number of ether oxygens (including phenoxy) is 3. The van der Waals surface area contributed by atoms with Crippen LogP contribution in [-0.2, 0) is 27.2 Å². The molecule has 3 aromatic carbocycles. The van der Waals surface area contributed by atoms with Crippen LogP contribution in [0.3, 0.4) is 0 Å². The molecule has 3 heterocycles. The number of amides is 1. The first kappa shape index (κ1) is 32.6. The molecule has 1 saturated heterocycles. The van der Waals surface area contributed by atoms with Gasteiger partial charge in [-0.05, 0) is 62.6 Å². The van der Waals surface area contributed by atoms with E-state index in [-0.39, 0.29) is 18.1 Å². The van der Waals surface area contributed by atoms with E-state index in [9.17, 15) is 4.79 Å². The monoisotopic (exact) mass is 637 g/mol. The van der Waals surface area contributed by atoms with E-state index in [1.807, 2.05) is 73.5 Å². The molecule has 0 spiro atoms. The fourth-order valence-corrected chi connectivity index (χ4v) is 6.51. The van der Waals surface area contributed by atoms with E-state index < -0.39 is 0 Å². The molecule has 4 aromatic rings. The number of fused-ring (bicyclic) bond motifs is 1. The summed E-state index contributed by atoms with van der Waals surface area (Å²) < 4.78 is 20.3. The molecule has 0 bridgehead atoms. The first-order chi connectivity index (χ1) is 23.1. The second kappa shape index (κ2) is 16.0. The van der Waals surface area contributed by atoms with Crippen molar-refractivity contribution in [2.45, 2.75) is 51.5 Å². The van der Waals surface area contributed by atoms with Gasteiger partial charge in [0.25, 0.3) is 5.91 Å². The van der Waals surface area contributed by atoms with Crippen LogP contribution in [0.2, 0.25) is 0 Å². The average Bonchev–Trinajstić information content (AvgIpc) is 3.72. The van der Waals surface area contributed by atoms with Crippen LogP contribution in [0.1, 0.15) is 42.1 Å². The number of carbonyl (C=O) groups is 1. The lowest BCUT2D eigenvalue weighted by molar-refractivity contribution is -0.0377. The molecule has 0 radical (unpaired) electrons. The number of aromatic nitrogens is 2. The molecular weight excluding hydrogens is 590 g/mol. The topological polar surface area (TPSA) is 81.1 Å². The zero-order valence-corrected chi connectivity index (χ0v) is 27.6. The standard InChI is InChI=1S/C38H47N5O4/c1-3-45-25-24-43-34-17-11-10-16-33(34)40-38(43)39-32-19-22-42(23-20-32)21-18-31(27-41(2)37(44)30-14-8-5-9-15-30)35-28-46-36(47-35)26-29-12-6-4-7-13-29/h4-17,28,31-32,36H,3,18-27H2,1-2H3,(H,39,40). The lowest BCUT2D eigenvalue weighted by Crippen LogP contribution is -2.41. The molecule has 2 aliphatic rings. The predicted molar refractivity (Wildman–Crippen MR) is 185 cm³/mol. The molecule has 2 unspecified atom stereocenters. The van der Waals surface area contributed by atoms with Gasteiger partial charge in [-0.25, -0.2) is 4.98 Å². The summed E-state index contributed by atoms with van der Waals surface area (Å²) in [5.41, 5.74) is 3.99. The molecular formula is C38H47N5O4. The van der Waals surface area contributed by atoms with Crippen LogP contribution in [0.15, 0.2) is 97.0 Å². The minimum atomic E-state index is -0.357. The summed E-state index contributed by atoms with van der Waals surface area (Å²) in [7, 11) is 1.87. The first-order valence-electron chi connectivity index (χ1n) is 17.0. The van der Waals surface area contributed by atoms with E-state index >= 15 is 0 Å². The van der Waals surface area contributed by atoms with Crippen molar-refractivity contribution in [3.8, 4) is 0 Å². The van der Waals surface area contributed by atoms with Crippen molar-refractivity contribution in [1.29, 1.82) is 0 Å². The molecule has 9 heteroatoms. The molecule has 47 heavy (non-hydrogen) atoms. The summed E-state index contributed by atoms with van der Waals surface area (Å²) >= 11 is 0. The summed E-state index contributed by atoms with van der Waals surface area (Å²) in [5.74, 6) is 1.77. The summed E-state index contributed by atoms with van der Waals surface area (Å²) in [6, 6.07) is 28.4. The molecule has 2 atom stereocenters. The molecule has 9 nitrogen and oxygen atoms in total. The Balaban J connectivity index is 1.05. The third-order valence-electron chi connectivity index (χ3n) is 9.15. The smallest absolute Gasteiger partial charge is 0.253 e. The van der Waals surface area contributed by atoms with Crippen LogP contribution in [-0.4, -0.2) is 84.0 Å². The Morgan fingerprint density at radius 2 is 1.72 bits per heavy atom. The molecule has 1 amide bonds. The van der Waals surface area contributed by atoms with Gasteiger partial charge in [0.1, 0.15) is 12.0 Å². The van der Waals surface area contributed by atoms with Crippen LogP contribution in [0.4, 0.5) is 5.95 Å². The van der Waals surface area contributed by atoms with Crippen molar-refractivity contribution in [2.75, 3.05) is 51.8 Å². The number of benzene rings is 3. The van der Waals surface area contributed by atoms with E-state index in [0.29, 0.717) is 37.8 Å². The number of nitrogens with one attached hydrogen (secondary N) is 1. The van der Waals surface area contributed by atoms with Gasteiger partial charge in [-0.15, -0.1) is 0 Å². The molecule has 248 valence electrons. The van der Waals surface area contributed by atoms with E-state index in [0.717, 1.165) is 68.2 Å². The molecule has 6 rings (SSSR count). The fraction of sp³-hybridized carbons (Fsp3) is 0.421. The van der Waals surface area contributed by atoms with Crippen molar-refractivity contribution >= 4 is 22.9 Å². The summed E-state index contributed by atoms with van der Waals surface area (Å²) in [5, 5.41) is 3.75. The van der Waals surface area contributed by atoms with Crippen molar-refractivity contribution in [3.05, 3.63) is 108 Å². The summed E-state index contributed by atoms with van der Waals surface area (Å²) in [6.07, 6.45) is 5.02.